The molecule has 0 heterocycles. The van der Waals surface area contributed by atoms with Gasteiger partial charge in [-0.3, -0.25) is 38.4 Å². The molecule has 0 spiro atoms. The van der Waals surface area contributed by atoms with Crippen molar-refractivity contribution in [3.8, 4) is 0 Å². The average Bonchev–Trinajstić information content (AvgIpc) is 3.16. The number of amides is 4. The fourth-order valence-corrected chi connectivity index (χ4v) is 3.32. The molecular weight excluding hydrogens is 808 g/mol. The van der Waals surface area contributed by atoms with Crippen LogP contribution < -0.4 is 21.3 Å². The van der Waals surface area contributed by atoms with Gasteiger partial charge in [-0.05, 0) is 0 Å². The second kappa shape index (κ2) is 30.5. The van der Waals surface area contributed by atoms with E-state index in [1.807, 2.05) is 0 Å². The number of hydrogen-bond acceptors (Lipinski definition) is 16. The third kappa shape index (κ3) is 28.8. The number of rotatable bonds is 24. The summed E-state index contributed by atoms with van der Waals surface area (Å²) in [5.41, 5.74) is -3.75. The van der Waals surface area contributed by atoms with Gasteiger partial charge in [-0.25, -0.2) is 0 Å². The zero-order valence-corrected chi connectivity index (χ0v) is 35.4. The fraction of sp³-hybridized carbons (Fsp3) is 0.778. The Balaban J connectivity index is -0.000000348. The third-order valence-corrected chi connectivity index (χ3v) is 8.14. The smallest absolute Gasteiger partial charge is 0.305 e. The lowest BCUT2D eigenvalue weighted by atomic mass is 9.87. The molecule has 0 aliphatic heterocycles. The maximum absolute atomic E-state index is 11.3. The normalized spacial score (nSPS) is 13.3. The lowest BCUT2D eigenvalue weighted by Gasteiger charge is -2.26. The van der Waals surface area contributed by atoms with Crippen LogP contribution in [0, 0.1) is 21.7 Å². The van der Waals surface area contributed by atoms with Crippen LogP contribution in [0.4, 0.5) is 0 Å². The maximum atomic E-state index is 11.3. The molecule has 0 aromatic carbocycles. The van der Waals surface area contributed by atoms with E-state index in [1.165, 1.54) is 55.4 Å². The molecule has 0 fully saturated rings. The highest BCUT2D eigenvalue weighted by Gasteiger charge is 2.35. The second-order valence-electron chi connectivity index (χ2n) is 15.9. The molecule has 16 N–H and O–H groups in total. The number of carbonyl (C=O) groups is 8. The lowest BCUT2D eigenvalue weighted by Crippen LogP contribution is -2.45. The number of carbonyl (C=O) groups excluding carboxylic acids is 4. The Kier molecular flexibility index (Phi) is 31.5. The summed E-state index contributed by atoms with van der Waals surface area (Å²) in [4.78, 5) is 85.7. The lowest BCUT2D eigenvalue weighted by molar-refractivity contribution is -0.140. The molecule has 0 aliphatic carbocycles. The van der Waals surface area contributed by atoms with E-state index in [0.717, 1.165) is 0 Å². The number of carboxylic acids is 4. The zero-order chi connectivity index (χ0) is 48.2. The molecule has 24 heteroatoms. The standard InChI is InChI=1S/4C9H17NO5/c4*1-9(2,5-11)7(14)8(15)10-4-3-6(12)13/h4*7,11,14H,3-5H2,1-2H3,(H,10,15)(H,12,13)/t4*7-/m0000/s1. The Bertz CT molecular complexity index is 1150. The Hall–Kier alpha value is -4.56. The molecule has 4 atom stereocenters. The third-order valence-electron chi connectivity index (χ3n) is 8.14. The van der Waals surface area contributed by atoms with Crippen molar-refractivity contribution < 1.29 is 99.6 Å². The summed E-state index contributed by atoms with van der Waals surface area (Å²) in [7, 11) is 0. The Labute approximate surface area is 348 Å². The van der Waals surface area contributed by atoms with Crippen molar-refractivity contribution in [1.29, 1.82) is 0 Å². The number of nitrogens with one attached hydrogen (secondary N) is 4. The van der Waals surface area contributed by atoms with Gasteiger partial charge in [0.25, 0.3) is 0 Å². The van der Waals surface area contributed by atoms with Crippen LogP contribution in [0.5, 0.6) is 0 Å². The van der Waals surface area contributed by atoms with E-state index in [1.54, 1.807) is 0 Å². The first-order chi connectivity index (χ1) is 27.2. The van der Waals surface area contributed by atoms with Crippen LogP contribution in [0.2, 0.25) is 0 Å². The van der Waals surface area contributed by atoms with Gasteiger partial charge in [0, 0.05) is 47.8 Å². The SMILES string of the molecule is CC(C)(CO)[C@@H](O)C(=O)NCCC(=O)O.CC(C)(CO)[C@@H](O)C(=O)NCCC(=O)O.CC(C)(CO)[C@@H](O)C(=O)NCCC(=O)O.CC(C)(CO)[C@@H](O)C(=O)NCCC(=O)O. The molecule has 24 nitrogen and oxygen atoms in total. The zero-order valence-electron chi connectivity index (χ0n) is 35.4. The Morgan fingerprint density at radius 1 is 0.350 bits per heavy atom. The van der Waals surface area contributed by atoms with Crippen molar-refractivity contribution in [2.75, 3.05) is 52.6 Å². The highest BCUT2D eigenvalue weighted by Crippen LogP contribution is 2.21. The van der Waals surface area contributed by atoms with E-state index in [4.69, 9.17) is 40.9 Å². The van der Waals surface area contributed by atoms with Crippen LogP contribution in [-0.4, -0.2) is 186 Å². The van der Waals surface area contributed by atoms with Crippen molar-refractivity contribution >= 4 is 47.5 Å². The number of aliphatic hydroxyl groups is 8. The van der Waals surface area contributed by atoms with E-state index in [9.17, 15) is 58.8 Å². The van der Waals surface area contributed by atoms with E-state index >= 15 is 0 Å². The first kappa shape index (κ1) is 62.1. The van der Waals surface area contributed by atoms with Crippen molar-refractivity contribution in [2.45, 2.75) is 105 Å². The molecule has 0 aromatic rings. The fourth-order valence-electron chi connectivity index (χ4n) is 3.32. The van der Waals surface area contributed by atoms with Crippen molar-refractivity contribution in [2.24, 2.45) is 21.7 Å². The molecule has 0 saturated heterocycles. The number of hydrogen-bond donors (Lipinski definition) is 16. The Morgan fingerprint density at radius 2 is 0.483 bits per heavy atom. The minimum atomic E-state index is -1.35. The van der Waals surface area contributed by atoms with Crippen LogP contribution in [0.1, 0.15) is 81.1 Å². The molecule has 0 aromatic heterocycles. The van der Waals surface area contributed by atoms with Gasteiger partial charge in [-0.15, -0.1) is 0 Å². The topological polar surface area (TPSA) is 427 Å². The quantitative estimate of drug-likeness (QED) is 0.0437. The van der Waals surface area contributed by atoms with Gasteiger partial charge in [0.1, 0.15) is 24.4 Å². The first-order valence-corrected chi connectivity index (χ1v) is 18.4. The van der Waals surface area contributed by atoms with Gasteiger partial charge in [-0.1, -0.05) is 55.4 Å². The second-order valence-corrected chi connectivity index (χ2v) is 15.9. The van der Waals surface area contributed by atoms with Crippen LogP contribution in [0.15, 0.2) is 0 Å². The summed E-state index contributed by atoms with van der Waals surface area (Å²) in [5.74, 6) is -6.77. The van der Waals surface area contributed by atoms with Crippen LogP contribution in [0.3, 0.4) is 0 Å². The first-order valence-electron chi connectivity index (χ1n) is 18.4. The van der Waals surface area contributed by atoms with Gasteiger partial charge in [0.05, 0.1) is 52.1 Å². The van der Waals surface area contributed by atoms with Crippen LogP contribution in [-0.2, 0) is 38.4 Å². The monoisotopic (exact) mass is 876 g/mol. The van der Waals surface area contributed by atoms with E-state index in [-0.39, 0.29) is 78.3 Å². The summed E-state index contributed by atoms with van der Waals surface area (Å²) in [5, 5.41) is 116. The van der Waals surface area contributed by atoms with Gasteiger partial charge < -0.3 is 82.5 Å². The van der Waals surface area contributed by atoms with Crippen molar-refractivity contribution in [1.82, 2.24) is 21.3 Å². The number of aliphatic carboxylic acids is 4. The van der Waals surface area contributed by atoms with Crippen molar-refractivity contribution in [3.63, 3.8) is 0 Å². The number of carboxylic acid groups (broad SMARTS) is 4. The Morgan fingerprint density at radius 3 is 0.583 bits per heavy atom. The molecule has 0 aliphatic rings. The molecule has 0 bridgehead atoms. The summed E-state index contributed by atoms with van der Waals surface area (Å²) in [6.45, 7) is 10.8. The highest BCUT2D eigenvalue weighted by molar-refractivity contribution is 5.83. The van der Waals surface area contributed by atoms with Gasteiger partial charge in [0.15, 0.2) is 0 Å². The van der Waals surface area contributed by atoms with E-state index in [0.29, 0.717) is 0 Å². The van der Waals surface area contributed by atoms with E-state index < -0.39 is 93.6 Å². The maximum Gasteiger partial charge on any atom is 0.305 e. The molecule has 4 amide bonds. The molecule has 0 rings (SSSR count). The van der Waals surface area contributed by atoms with Gasteiger partial charge in [-0.2, -0.15) is 0 Å². The summed E-state index contributed by atoms with van der Waals surface area (Å²) in [6, 6.07) is 0. The van der Waals surface area contributed by atoms with E-state index in [2.05, 4.69) is 21.3 Å². The molecule has 0 unspecified atom stereocenters. The predicted molar refractivity (Wildman–Crippen MR) is 209 cm³/mol. The summed E-state index contributed by atoms with van der Waals surface area (Å²) < 4.78 is 0. The van der Waals surface area contributed by atoms with Gasteiger partial charge in [0.2, 0.25) is 23.6 Å². The largest absolute Gasteiger partial charge is 0.481 e. The minimum Gasteiger partial charge on any atom is -0.481 e. The van der Waals surface area contributed by atoms with Crippen LogP contribution >= 0.6 is 0 Å². The highest BCUT2D eigenvalue weighted by atomic mass is 16.4. The minimum absolute atomic E-state index is 0.0350. The molecule has 60 heavy (non-hydrogen) atoms. The molecular formula is C36H68N4O20. The molecule has 0 saturated carbocycles. The van der Waals surface area contributed by atoms with Crippen molar-refractivity contribution in [3.05, 3.63) is 0 Å². The molecule has 352 valence electrons. The van der Waals surface area contributed by atoms with Crippen LogP contribution in [0.25, 0.3) is 0 Å². The summed E-state index contributed by atoms with van der Waals surface area (Å²) in [6.07, 6.45) is -6.19. The average molecular weight is 877 g/mol. The summed E-state index contributed by atoms with van der Waals surface area (Å²) >= 11 is 0. The van der Waals surface area contributed by atoms with Gasteiger partial charge >= 0.3 is 23.9 Å². The molecule has 0 radical (unpaired) electrons. The predicted octanol–water partition coefficient (Wildman–Crippen LogP) is -4.17. The number of aliphatic hydroxyl groups excluding tert-OH is 8.